The Kier molecular flexibility index (Phi) is 5.39. The van der Waals surface area contributed by atoms with Crippen molar-refractivity contribution in [3.05, 3.63) is 65.6 Å². The highest BCUT2D eigenvalue weighted by Gasteiger charge is 2.12. The van der Waals surface area contributed by atoms with Gasteiger partial charge in [0.25, 0.3) is 0 Å². The van der Waals surface area contributed by atoms with Gasteiger partial charge in [0, 0.05) is 35.5 Å². The van der Waals surface area contributed by atoms with Gasteiger partial charge in [0.05, 0.1) is 15.6 Å². The van der Waals surface area contributed by atoms with Crippen LogP contribution in [0.25, 0.3) is 22.4 Å². The molecule has 0 N–H and O–H groups in total. The molecule has 134 valence electrons. The zero-order valence-electron chi connectivity index (χ0n) is 14.6. The van der Waals surface area contributed by atoms with Gasteiger partial charge < -0.3 is 0 Å². The lowest BCUT2D eigenvalue weighted by Crippen LogP contribution is -1.97. The Morgan fingerprint density at radius 2 is 1.65 bits per heavy atom. The van der Waals surface area contributed by atoms with Gasteiger partial charge in [0.1, 0.15) is 0 Å². The molecule has 26 heavy (non-hydrogen) atoms. The number of hydrogen-bond donors (Lipinski definition) is 0. The van der Waals surface area contributed by atoms with Crippen molar-refractivity contribution in [2.45, 2.75) is 24.7 Å². The van der Waals surface area contributed by atoms with Gasteiger partial charge in [-0.1, -0.05) is 37.1 Å². The normalized spacial score (nSPS) is 11.5. The van der Waals surface area contributed by atoms with Crippen LogP contribution in [0.2, 0.25) is 5.02 Å². The summed E-state index contributed by atoms with van der Waals surface area (Å²) < 4.78 is 23.3. The van der Waals surface area contributed by atoms with E-state index >= 15 is 0 Å². The first-order chi connectivity index (χ1) is 12.4. The van der Waals surface area contributed by atoms with Gasteiger partial charge >= 0.3 is 0 Å². The number of halogens is 1. The van der Waals surface area contributed by atoms with E-state index in [1.807, 2.05) is 24.4 Å². The van der Waals surface area contributed by atoms with Gasteiger partial charge in [-0.25, -0.2) is 8.42 Å². The molecule has 0 aliphatic carbocycles. The summed E-state index contributed by atoms with van der Waals surface area (Å²) >= 11 is 6.15. The average Bonchev–Trinajstić information content (AvgIpc) is 2.62. The molecule has 0 amide bonds. The lowest BCUT2D eigenvalue weighted by atomic mass is 10.00. The molecule has 6 heteroatoms. The predicted octanol–water partition coefficient (Wildman–Crippen LogP) is 4.82. The minimum atomic E-state index is -3.23. The standard InChI is InChI=1S/C20H19ClN2O2S/c1-3-4-17-8-5-15(12-22-17)20-19(11-16(21)13-23-20)14-6-9-18(10-7-14)26(2,24)25/h5-13H,3-4H2,1-2H3. The largest absolute Gasteiger partial charge is 0.261 e. The zero-order valence-corrected chi connectivity index (χ0v) is 16.2. The maximum atomic E-state index is 11.7. The van der Waals surface area contributed by atoms with Gasteiger partial charge in [-0.05, 0) is 42.3 Å². The fourth-order valence-electron chi connectivity index (χ4n) is 2.74. The maximum absolute atomic E-state index is 11.7. The van der Waals surface area contributed by atoms with Gasteiger partial charge in [0.15, 0.2) is 9.84 Å². The van der Waals surface area contributed by atoms with Crippen LogP contribution in [0.5, 0.6) is 0 Å². The van der Waals surface area contributed by atoms with E-state index in [2.05, 4.69) is 16.9 Å². The smallest absolute Gasteiger partial charge is 0.175 e. The summed E-state index contributed by atoms with van der Waals surface area (Å²) in [6.07, 6.45) is 6.59. The second-order valence-corrected chi connectivity index (χ2v) is 8.59. The molecule has 0 spiro atoms. The van der Waals surface area contributed by atoms with E-state index < -0.39 is 9.84 Å². The highest BCUT2D eigenvalue weighted by molar-refractivity contribution is 7.90. The average molecular weight is 387 g/mol. The number of aryl methyl sites for hydroxylation is 1. The van der Waals surface area contributed by atoms with Gasteiger partial charge in [-0.3, -0.25) is 9.97 Å². The molecule has 0 saturated carbocycles. The molecule has 0 aliphatic heterocycles. The topological polar surface area (TPSA) is 59.9 Å². The minimum absolute atomic E-state index is 0.281. The van der Waals surface area contributed by atoms with Crippen LogP contribution in [-0.4, -0.2) is 24.6 Å². The summed E-state index contributed by atoms with van der Waals surface area (Å²) in [7, 11) is -3.23. The molecule has 0 fully saturated rings. The second kappa shape index (κ2) is 7.56. The number of nitrogens with zero attached hydrogens (tertiary/aromatic N) is 2. The van der Waals surface area contributed by atoms with E-state index in [0.717, 1.165) is 40.9 Å². The van der Waals surface area contributed by atoms with Crippen molar-refractivity contribution in [3.8, 4) is 22.4 Å². The van der Waals surface area contributed by atoms with Gasteiger partial charge in [0.2, 0.25) is 0 Å². The summed E-state index contributed by atoms with van der Waals surface area (Å²) in [6.45, 7) is 2.12. The number of sulfone groups is 1. The number of benzene rings is 1. The fraction of sp³-hybridized carbons (Fsp3) is 0.200. The molecule has 0 atom stereocenters. The first-order valence-electron chi connectivity index (χ1n) is 8.30. The van der Waals surface area contributed by atoms with Crippen LogP contribution in [0.4, 0.5) is 0 Å². The zero-order chi connectivity index (χ0) is 18.7. The Labute approximate surface area is 158 Å². The lowest BCUT2D eigenvalue weighted by Gasteiger charge is -2.11. The van der Waals surface area contributed by atoms with Crippen molar-refractivity contribution in [2.24, 2.45) is 0 Å². The number of hydrogen-bond acceptors (Lipinski definition) is 4. The third kappa shape index (κ3) is 4.11. The van der Waals surface area contributed by atoms with Crippen molar-refractivity contribution in [3.63, 3.8) is 0 Å². The quantitative estimate of drug-likeness (QED) is 0.630. The molecule has 0 saturated heterocycles. The van der Waals surface area contributed by atoms with E-state index in [-0.39, 0.29) is 4.90 Å². The van der Waals surface area contributed by atoms with Crippen LogP contribution in [-0.2, 0) is 16.3 Å². The van der Waals surface area contributed by atoms with Crippen LogP contribution < -0.4 is 0 Å². The summed E-state index contributed by atoms with van der Waals surface area (Å²) in [5.74, 6) is 0. The minimum Gasteiger partial charge on any atom is -0.261 e. The Morgan fingerprint density at radius 3 is 2.23 bits per heavy atom. The molecule has 3 rings (SSSR count). The molecule has 0 radical (unpaired) electrons. The summed E-state index contributed by atoms with van der Waals surface area (Å²) in [5.41, 5.74) is 4.38. The Bertz CT molecular complexity index is 1010. The summed E-state index contributed by atoms with van der Waals surface area (Å²) in [5, 5.41) is 0.520. The van der Waals surface area contributed by atoms with Crippen molar-refractivity contribution < 1.29 is 8.42 Å². The van der Waals surface area contributed by atoms with Crippen LogP contribution >= 0.6 is 11.6 Å². The number of rotatable bonds is 5. The molecule has 1 aromatic carbocycles. The molecule has 0 unspecified atom stereocenters. The van der Waals surface area contributed by atoms with Crippen molar-refractivity contribution in [1.29, 1.82) is 0 Å². The van der Waals surface area contributed by atoms with Gasteiger partial charge in [-0.15, -0.1) is 0 Å². The first-order valence-corrected chi connectivity index (χ1v) is 10.6. The highest BCUT2D eigenvalue weighted by Crippen LogP contribution is 2.32. The molecule has 2 aromatic heterocycles. The van der Waals surface area contributed by atoms with Crippen molar-refractivity contribution in [1.82, 2.24) is 9.97 Å². The highest BCUT2D eigenvalue weighted by atomic mass is 35.5. The second-order valence-electron chi connectivity index (χ2n) is 6.13. The summed E-state index contributed by atoms with van der Waals surface area (Å²) in [4.78, 5) is 9.26. The molecular formula is C20H19ClN2O2S. The van der Waals surface area contributed by atoms with E-state index in [9.17, 15) is 8.42 Å². The van der Waals surface area contributed by atoms with Crippen LogP contribution in [0.15, 0.2) is 59.8 Å². The number of pyridine rings is 2. The third-order valence-corrected chi connectivity index (χ3v) is 5.39. The Hall–Kier alpha value is -2.24. The SMILES string of the molecule is CCCc1ccc(-c2ncc(Cl)cc2-c2ccc(S(C)(=O)=O)cc2)cn1. The Balaban J connectivity index is 2.06. The molecular weight excluding hydrogens is 368 g/mol. The van der Waals surface area contributed by atoms with Gasteiger partial charge in [-0.2, -0.15) is 0 Å². The van der Waals surface area contributed by atoms with Crippen LogP contribution in [0.1, 0.15) is 19.0 Å². The van der Waals surface area contributed by atoms with E-state index in [0.29, 0.717) is 5.02 Å². The predicted molar refractivity (Wildman–Crippen MR) is 105 cm³/mol. The lowest BCUT2D eigenvalue weighted by molar-refractivity contribution is 0.602. The Morgan fingerprint density at radius 1 is 0.962 bits per heavy atom. The van der Waals surface area contributed by atoms with Crippen molar-refractivity contribution >= 4 is 21.4 Å². The van der Waals surface area contributed by atoms with E-state index in [1.165, 1.54) is 6.26 Å². The van der Waals surface area contributed by atoms with Crippen LogP contribution in [0, 0.1) is 0 Å². The molecule has 2 heterocycles. The summed E-state index contributed by atoms with van der Waals surface area (Å²) in [6, 6.07) is 12.6. The number of aromatic nitrogens is 2. The third-order valence-electron chi connectivity index (χ3n) is 4.05. The fourth-order valence-corrected chi connectivity index (χ4v) is 3.53. The van der Waals surface area contributed by atoms with E-state index in [4.69, 9.17) is 11.6 Å². The van der Waals surface area contributed by atoms with Crippen LogP contribution in [0.3, 0.4) is 0 Å². The first kappa shape index (κ1) is 18.5. The maximum Gasteiger partial charge on any atom is 0.175 e. The van der Waals surface area contributed by atoms with Crippen molar-refractivity contribution in [2.75, 3.05) is 6.26 Å². The van der Waals surface area contributed by atoms with E-state index in [1.54, 1.807) is 30.5 Å². The molecule has 0 aliphatic rings. The molecule has 3 aromatic rings. The molecule has 0 bridgehead atoms. The monoisotopic (exact) mass is 386 g/mol. The molecule has 4 nitrogen and oxygen atoms in total.